The molecule has 0 radical (unpaired) electrons. The minimum absolute atomic E-state index is 0.0378. The number of hydrogen-bond donors (Lipinski definition) is 0. The van der Waals surface area contributed by atoms with Gasteiger partial charge in [0, 0.05) is 42.9 Å². The van der Waals surface area contributed by atoms with Crippen molar-refractivity contribution in [1.82, 2.24) is 9.47 Å². The third-order valence-corrected chi connectivity index (χ3v) is 7.36. The second-order valence-electron chi connectivity index (χ2n) is 9.62. The molecule has 0 N–H and O–H groups in total. The highest BCUT2D eigenvalue weighted by atomic mass is 16.5. The van der Waals surface area contributed by atoms with Crippen molar-refractivity contribution < 1.29 is 13.9 Å². The smallest absolute Gasteiger partial charge is 0.339 e. The molecule has 2 atom stereocenters. The maximum Gasteiger partial charge on any atom is 0.339 e. The Morgan fingerprint density at radius 2 is 1.97 bits per heavy atom. The lowest BCUT2D eigenvalue weighted by atomic mass is 9.83. The van der Waals surface area contributed by atoms with Crippen LogP contribution in [0.1, 0.15) is 41.1 Å². The zero-order valence-electron chi connectivity index (χ0n) is 18.6. The summed E-state index contributed by atoms with van der Waals surface area (Å²) < 4.78 is 13.5. The van der Waals surface area contributed by atoms with Crippen LogP contribution in [0.5, 0.6) is 5.75 Å². The van der Waals surface area contributed by atoms with Gasteiger partial charge in [-0.3, -0.25) is 9.59 Å². The van der Waals surface area contributed by atoms with E-state index in [4.69, 9.17) is 9.15 Å². The number of rotatable bonds is 3. The summed E-state index contributed by atoms with van der Waals surface area (Å²) in [5.41, 5.74) is 3.97. The molecule has 2 aliphatic heterocycles. The van der Waals surface area contributed by atoms with Crippen LogP contribution < -0.4 is 15.9 Å². The third-order valence-electron chi connectivity index (χ3n) is 7.36. The topological polar surface area (TPSA) is 81.8 Å². The Balaban J connectivity index is 1.25. The minimum atomic E-state index is -0.262. The summed E-state index contributed by atoms with van der Waals surface area (Å²) in [4.78, 5) is 39.6. The fourth-order valence-corrected chi connectivity index (χ4v) is 5.95. The lowest BCUT2D eigenvalue weighted by Crippen LogP contribution is -2.50. The van der Waals surface area contributed by atoms with Crippen LogP contribution in [0.4, 0.5) is 0 Å². The van der Waals surface area contributed by atoms with Crippen molar-refractivity contribution in [3.05, 3.63) is 73.5 Å². The molecule has 1 saturated heterocycles. The average Bonchev–Trinajstić information content (AvgIpc) is 3.28. The molecule has 1 aliphatic carbocycles. The van der Waals surface area contributed by atoms with Crippen LogP contribution in [0.3, 0.4) is 0 Å². The van der Waals surface area contributed by atoms with Gasteiger partial charge in [-0.15, -0.1) is 0 Å². The van der Waals surface area contributed by atoms with Crippen LogP contribution in [0.25, 0.3) is 11.0 Å². The Morgan fingerprint density at radius 3 is 2.85 bits per heavy atom. The maximum atomic E-state index is 13.1. The van der Waals surface area contributed by atoms with Crippen LogP contribution >= 0.6 is 0 Å². The van der Waals surface area contributed by atoms with Crippen molar-refractivity contribution in [1.29, 1.82) is 0 Å². The summed E-state index contributed by atoms with van der Waals surface area (Å²) >= 11 is 0. The predicted octanol–water partition coefficient (Wildman–Crippen LogP) is 2.78. The molecule has 0 unspecified atom stereocenters. The van der Waals surface area contributed by atoms with E-state index in [9.17, 15) is 14.4 Å². The first kappa shape index (κ1) is 20.3. The molecule has 33 heavy (non-hydrogen) atoms. The lowest BCUT2D eigenvalue weighted by molar-refractivity contribution is -0.136. The van der Waals surface area contributed by atoms with Gasteiger partial charge in [-0.05, 0) is 67.9 Å². The normalized spacial score (nSPS) is 21.1. The van der Waals surface area contributed by atoms with Crippen LogP contribution in [0.15, 0.2) is 44.3 Å². The van der Waals surface area contributed by atoms with E-state index in [1.165, 1.54) is 0 Å². The number of ether oxygens (including phenoxy) is 1. The molecule has 2 aromatic heterocycles. The van der Waals surface area contributed by atoms with Crippen molar-refractivity contribution in [3.63, 3.8) is 0 Å². The first-order chi connectivity index (χ1) is 16.0. The van der Waals surface area contributed by atoms with Gasteiger partial charge in [0.2, 0.25) is 0 Å². The van der Waals surface area contributed by atoms with E-state index in [0.29, 0.717) is 31.0 Å². The fraction of sp³-hybridized carbons (Fsp3) is 0.423. The number of benzene rings is 1. The van der Waals surface area contributed by atoms with Crippen molar-refractivity contribution in [2.45, 2.75) is 45.1 Å². The van der Waals surface area contributed by atoms with E-state index >= 15 is 0 Å². The molecule has 170 valence electrons. The fourth-order valence-electron chi connectivity index (χ4n) is 5.95. The maximum absolute atomic E-state index is 13.1. The molecule has 7 nitrogen and oxygen atoms in total. The predicted molar refractivity (Wildman–Crippen MR) is 123 cm³/mol. The van der Waals surface area contributed by atoms with Gasteiger partial charge in [-0.25, -0.2) is 4.79 Å². The van der Waals surface area contributed by atoms with Crippen LogP contribution in [0, 0.1) is 12.8 Å². The second-order valence-corrected chi connectivity index (χ2v) is 9.62. The SMILES string of the molecule is Cc1cc(OCC(=O)N2C[C@@H]3C[C@H](C2)c2cccc(=O)n2C3)c2c3c(c(=O)oc2c1)CCC3. The number of aromatic nitrogens is 1. The van der Waals surface area contributed by atoms with Crippen LogP contribution in [-0.2, 0) is 24.2 Å². The molecular formula is C26H26N2O5. The number of amides is 1. The molecule has 3 aliphatic rings. The van der Waals surface area contributed by atoms with Crippen molar-refractivity contribution >= 4 is 16.9 Å². The van der Waals surface area contributed by atoms with Gasteiger partial charge in [-0.1, -0.05) is 6.07 Å². The summed E-state index contributed by atoms with van der Waals surface area (Å²) in [6.07, 6.45) is 3.47. The Morgan fingerprint density at radius 1 is 1.12 bits per heavy atom. The molecule has 4 heterocycles. The van der Waals surface area contributed by atoms with Crippen LogP contribution in [0.2, 0.25) is 0 Å². The van der Waals surface area contributed by atoms with Gasteiger partial charge >= 0.3 is 5.63 Å². The van der Waals surface area contributed by atoms with E-state index < -0.39 is 0 Å². The molecule has 0 saturated carbocycles. The molecule has 1 fully saturated rings. The first-order valence-electron chi connectivity index (χ1n) is 11.7. The molecule has 1 aromatic carbocycles. The molecule has 1 amide bonds. The lowest BCUT2D eigenvalue weighted by Gasteiger charge is -2.42. The zero-order valence-corrected chi connectivity index (χ0v) is 18.6. The van der Waals surface area contributed by atoms with Gasteiger partial charge in [-0.2, -0.15) is 0 Å². The highest BCUT2D eigenvalue weighted by Gasteiger charge is 2.36. The highest BCUT2D eigenvalue weighted by molar-refractivity contribution is 5.89. The van der Waals surface area contributed by atoms with Gasteiger partial charge in [0.1, 0.15) is 11.3 Å². The molecule has 7 heteroatoms. The van der Waals surface area contributed by atoms with E-state index in [-0.39, 0.29) is 35.5 Å². The van der Waals surface area contributed by atoms with Crippen LogP contribution in [-0.4, -0.2) is 35.1 Å². The number of pyridine rings is 1. The van der Waals surface area contributed by atoms with Gasteiger partial charge in [0.15, 0.2) is 6.61 Å². The third kappa shape index (κ3) is 3.37. The number of likely N-dealkylation sites (tertiary alicyclic amines) is 1. The van der Waals surface area contributed by atoms with Crippen molar-refractivity contribution in [2.75, 3.05) is 19.7 Å². The summed E-state index contributed by atoms with van der Waals surface area (Å²) in [6, 6.07) is 9.18. The molecule has 6 rings (SSSR count). The van der Waals surface area contributed by atoms with Crippen molar-refractivity contribution in [3.8, 4) is 5.75 Å². The quantitative estimate of drug-likeness (QED) is 0.578. The first-order valence-corrected chi connectivity index (χ1v) is 11.7. The average molecular weight is 447 g/mol. The molecule has 0 spiro atoms. The summed E-state index contributed by atoms with van der Waals surface area (Å²) in [7, 11) is 0. The Bertz CT molecular complexity index is 1400. The number of hydrogen-bond acceptors (Lipinski definition) is 5. The summed E-state index contributed by atoms with van der Waals surface area (Å²) in [6.45, 7) is 3.75. The zero-order chi connectivity index (χ0) is 22.7. The molecular weight excluding hydrogens is 420 g/mol. The minimum Gasteiger partial charge on any atom is -0.483 e. The number of piperidine rings is 1. The highest BCUT2D eigenvalue weighted by Crippen LogP contribution is 2.36. The summed E-state index contributed by atoms with van der Waals surface area (Å²) in [5, 5.41) is 0.823. The number of carbonyl (C=O) groups is 1. The van der Waals surface area contributed by atoms with E-state index in [1.807, 2.05) is 34.6 Å². The Hall–Kier alpha value is -3.35. The van der Waals surface area contributed by atoms with Gasteiger partial charge in [0.05, 0.1) is 5.39 Å². The Labute approximate surface area is 190 Å². The number of nitrogens with zero attached hydrogens (tertiary/aromatic N) is 2. The Kier molecular flexibility index (Phi) is 4.67. The van der Waals surface area contributed by atoms with Gasteiger partial charge in [0.25, 0.3) is 11.5 Å². The van der Waals surface area contributed by atoms with Gasteiger partial charge < -0.3 is 18.6 Å². The van der Waals surface area contributed by atoms with Crippen molar-refractivity contribution in [2.24, 2.45) is 5.92 Å². The monoisotopic (exact) mass is 446 g/mol. The number of carbonyl (C=O) groups excluding carboxylic acids is 1. The standard InChI is InChI=1S/C26H26N2O5/c1-15-8-21(25-18-4-2-5-19(18)26(31)33-22(25)9-15)32-14-24(30)27-11-16-10-17(13-27)20-6-3-7-23(29)28(20)12-16/h3,6-9,16-17H,2,4-5,10-14H2,1H3/t16-,17+/m0/s1. The van der Waals surface area contributed by atoms with E-state index in [0.717, 1.165) is 53.5 Å². The molecule has 2 bridgehead atoms. The van der Waals surface area contributed by atoms with E-state index in [1.54, 1.807) is 12.1 Å². The van der Waals surface area contributed by atoms with E-state index in [2.05, 4.69) is 0 Å². The molecule has 3 aromatic rings. The number of fused-ring (bicyclic) bond motifs is 7. The largest absolute Gasteiger partial charge is 0.483 e. The summed E-state index contributed by atoms with van der Waals surface area (Å²) in [5.74, 6) is 1.000. The second kappa shape index (κ2) is 7.61. The number of aryl methyl sites for hydroxylation is 2.